The molecule has 2 bridgehead atoms. The van der Waals surface area contributed by atoms with E-state index in [0.717, 1.165) is 27.5 Å². The van der Waals surface area contributed by atoms with Crippen LogP contribution in [0.5, 0.6) is 0 Å². The topological polar surface area (TPSA) is 25.8 Å². The molecular formula is C22H22N2. The van der Waals surface area contributed by atoms with Crippen LogP contribution in [0.2, 0.25) is 0 Å². The number of pyridine rings is 2. The highest BCUT2D eigenvalue weighted by atomic mass is 14.8. The van der Waals surface area contributed by atoms with E-state index in [1.807, 2.05) is 12.3 Å². The Labute approximate surface area is 142 Å². The highest BCUT2D eigenvalue weighted by molar-refractivity contribution is 6.03. The van der Waals surface area contributed by atoms with Gasteiger partial charge in [0.2, 0.25) is 0 Å². The molecule has 0 amide bonds. The third-order valence-corrected chi connectivity index (χ3v) is 6.97. The standard InChI is InChI=1S/C22H22N2/c1-21(2)16-10-11-22(21,3)17(13-16)18-9-8-15-7-6-14-5-4-12-23-19(14)20(15)24-18/h4-9,12-13,16H,10-11H2,1-3H3/t16-,22+/m1/s1. The molecule has 0 spiro atoms. The summed E-state index contributed by atoms with van der Waals surface area (Å²) >= 11 is 0. The van der Waals surface area contributed by atoms with Gasteiger partial charge in [-0.05, 0) is 47.3 Å². The van der Waals surface area contributed by atoms with Crippen LogP contribution in [0.3, 0.4) is 0 Å². The van der Waals surface area contributed by atoms with Gasteiger partial charge in [0.25, 0.3) is 0 Å². The molecule has 2 aromatic heterocycles. The molecule has 0 N–H and O–H groups in total. The first-order valence-electron chi connectivity index (χ1n) is 8.88. The molecule has 2 aliphatic carbocycles. The number of benzene rings is 1. The van der Waals surface area contributed by atoms with Crippen molar-refractivity contribution in [2.24, 2.45) is 16.7 Å². The summed E-state index contributed by atoms with van der Waals surface area (Å²) in [6, 6.07) is 12.8. The summed E-state index contributed by atoms with van der Waals surface area (Å²) < 4.78 is 0. The Morgan fingerprint density at radius 2 is 1.71 bits per heavy atom. The molecule has 0 aliphatic heterocycles. The summed E-state index contributed by atoms with van der Waals surface area (Å²) in [7, 11) is 0. The maximum atomic E-state index is 5.08. The lowest BCUT2D eigenvalue weighted by atomic mass is 9.67. The smallest absolute Gasteiger partial charge is 0.0971 e. The summed E-state index contributed by atoms with van der Waals surface area (Å²) in [4.78, 5) is 9.67. The molecule has 0 unspecified atom stereocenters. The highest BCUT2D eigenvalue weighted by Gasteiger charge is 2.57. The van der Waals surface area contributed by atoms with Gasteiger partial charge in [-0.15, -0.1) is 0 Å². The number of nitrogens with zero attached hydrogens (tertiary/aromatic N) is 2. The van der Waals surface area contributed by atoms with Gasteiger partial charge in [-0.1, -0.05) is 51.1 Å². The minimum atomic E-state index is 0.232. The van der Waals surface area contributed by atoms with E-state index < -0.39 is 0 Å². The predicted molar refractivity (Wildman–Crippen MR) is 99.6 cm³/mol. The summed E-state index contributed by atoms with van der Waals surface area (Å²) in [5.74, 6) is 0.681. The molecule has 2 atom stereocenters. The first-order chi connectivity index (χ1) is 11.5. The summed E-state index contributed by atoms with van der Waals surface area (Å²) in [5, 5.41) is 2.32. The molecule has 0 saturated heterocycles. The van der Waals surface area contributed by atoms with Crippen molar-refractivity contribution >= 4 is 27.4 Å². The Morgan fingerprint density at radius 1 is 0.958 bits per heavy atom. The van der Waals surface area contributed by atoms with Gasteiger partial charge in [-0.2, -0.15) is 0 Å². The molecule has 2 nitrogen and oxygen atoms in total. The fourth-order valence-electron chi connectivity index (χ4n) is 4.94. The highest BCUT2D eigenvalue weighted by Crippen LogP contribution is 2.67. The van der Waals surface area contributed by atoms with Crippen LogP contribution in [0, 0.1) is 16.7 Å². The van der Waals surface area contributed by atoms with Gasteiger partial charge >= 0.3 is 0 Å². The van der Waals surface area contributed by atoms with E-state index in [1.54, 1.807) is 0 Å². The number of hydrogen-bond acceptors (Lipinski definition) is 2. The average molecular weight is 314 g/mol. The number of rotatable bonds is 1. The molecule has 1 fully saturated rings. The van der Waals surface area contributed by atoms with Crippen molar-refractivity contribution < 1.29 is 0 Å². The second kappa shape index (κ2) is 4.44. The summed E-state index contributed by atoms with van der Waals surface area (Å²) in [6.07, 6.45) is 6.93. The SMILES string of the molecule is CC1(C)[C@H]2C=C(c3ccc4ccc5cccnc5c4n3)[C@]1(C)CC2. The van der Waals surface area contributed by atoms with Crippen LogP contribution in [-0.2, 0) is 0 Å². The number of allylic oxidation sites excluding steroid dienone is 2. The van der Waals surface area contributed by atoms with E-state index in [0.29, 0.717) is 11.3 Å². The predicted octanol–water partition coefficient (Wildman–Crippen LogP) is 5.62. The fraction of sp³-hybridized carbons (Fsp3) is 0.364. The van der Waals surface area contributed by atoms with Gasteiger partial charge in [0.05, 0.1) is 16.7 Å². The van der Waals surface area contributed by atoms with E-state index in [2.05, 4.69) is 62.2 Å². The van der Waals surface area contributed by atoms with E-state index in [1.165, 1.54) is 18.4 Å². The van der Waals surface area contributed by atoms with Crippen LogP contribution >= 0.6 is 0 Å². The second-order valence-corrected chi connectivity index (χ2v) is 8.19. The molecule has 2 heteroatoms. The van der Waals surface area contributed by atoms with Crippen LogP contribution in [-0.4, -0.2) is 9.97 Å². The third kappa shape index (κ3) is 1.61. The molecule has 0 radical (unpaired) electrons. The zero-order valence-electron chi connectivity index (χ0n) is 14.5. The minimum absolute atomic E-state index is 0.232. The Balaban J connectivity index is 1.75. The van der Waals surface area contributed by atoms with Gasteiger partial charge in [-0.3, -0.25) is 4.98 Å². The molecule has 24 heavy (non-hydrogen) atoms. The third-order valence-electron chi connectivity index (χ3n) is 6.97. The van der Waals surface area contributed by atoms with Crippen LogP contribution in [0.4, 0.5) is 0 Å². The normalized spacial score (nSPS) is 27.8. The van der Waals surface area contributed by atoms with Gasteiger partial charge in [-0.25, -0.2) is 4.98 Å². The van der Waals surface area contributed by atoms with Crippen LogP contribution in [0.1, 0.15) is 39.3 Å². The van der Waals surface area contributed by atoms with Crippen molar-refractivity contribution in [3.8, 4) is 0 Å². The first kappa shape index (κ1) is 14.2. The van der Waals surface area contributed by atoms with Gasteiger partial charge in [0.15, 0.2) is 0 Å². The van der Waals surface area contributed by atoms with Crippen molar-refractivity contribution in [2.75, 3.05) is 0 Å². The molecule has 2 aliphatic rings. The van der Waals surface area contributed by atoms with Crippen molar-refractivity contribution in [3.63, 3.8) is 0 Å². The average Bonchev–Trinajstić information content (AvgIpc) is 2.94. The lowest BCUT2D eigenvalue weighted by molar-refractivity contribution is 0.189. The minimum Gasteiger partial charge on any atom is -0.254 e. The quantitative estimate of drug-likeness (QED) is 0.545. The van der Waals surface area contributed by atoms with E-state index in [-0.39, 0.29) is 5.41 Å². The Kier molecular flexibility index (Phi) is 2.62. The van der Waals surface area contributed by atoms with Crippen molar-refractivity contribution in [1.29, 1.82) is 0 Å². The first-order valence-corrected chi connectivity index (χ1v) is 8.88. The Hall–Kier alpha value is -2.22. The van der Waals surface area contributed by atoms with E-state index in [4.69, 9.17) is 4.98 Å². The molecule has 5 rings (SSSR count). The molecule has 2 heterocycles. The van der Waals surface area contributed by atoms with Crippen molar-refractivity contribution in [3.05, 3.63) is 54.4 Å². The van der Waals surface area contributed by atoms with Crippen molar-refractivity contribution in [2.45, 2.75) is 33.6 Å². The van der Waals surface area contributed by atoms with Crippen LogP contribution < -0.4 is 0 Å². The lowest BCUT2D eigenvalue weighted by Crippen LogP contribution is -2.29. The van der Waals surface area contributed by atoms with Gasteiger partial charge in [0, 0.05) is 17.0 Å². The van der Waals surface area contributed by atoms with Gasteiger partial charge < -0.3 is 0 Å². The maximum Gasteiger partial charge on any atom is 0.0971 e. The Morgan fingerprint density at radius 3 is 2.42 bits per heavy atom. The number of aromatic nitrogens is 2. The maximum absolute atomic E-state index is 5.08. The molecule has 3 aromatic rings. The molecular weight excluding hydrogens is 292 g/mol. The van der Waals surface area contributed by atoms with Gasteiger partial charge in [0.1, 0.15) is 0 Å². The zero-order valence-corrected chi connectivity index (χ0v) is 14.5. The largest absolute Gasteiger partial charge is 0.254 e. The van der Waals surface area contributed by atoms with E-state index in [9.17, 15) is 0 Å². The summed E-state index contributed by atoms with van der Waals surface area (Å²) in [5.41, 5.74) is 5.17. The zero-order chi connectivity index (χ0) is 16.5. The van der Waals surface area contributed by atoms with Crippen LogP contribution in [0.25, 0.3) is 27.4 Å². The Bertz CT molecular complexity index is 1010. The fourth-order valence-corrected chi connectivity index (χ4v) is 4.94. The second-order valence-electron chi connectivity index (χ2n) is 8.19. The van der Waals surface area contributed by atoms with Crippen LogP contribution in [0.15, 0.2) is 48.7 Å². The lowest BCUT2D eigenvalue weighted by Gasteiger charge is -2.37. The van der Waals surface area contributed by atoms with Crippen molar-refractivity contribution in [1.82, 2.24) is 9.97 Å². The summed E-state index contributed by atoms with van der Waals surface area (Å²) in [6.45, 7) is 7.28. The monoisotopic (exact) mass is 314 g/mol. The molecule has 1 aromatic carbocycles. The van der Waals surface area contributed by atoms with E-state index >= 15 is 0 Å². The number of fused-ring (bicyclic) bond motifs is 5. The molecule has 1 saturated carbocycles. The molecule has 120 valence electrons. The number of hydrogen-bond donors (Lipinski definition) is 0.